The molecule has 6 heteroatoms. The second kappa shape index (κ2) is 9.85. The first kappa shape index (κ1) is 31.6. The van der Waals surface area contributed by atoms with Crippen LogP contribution in [0.1, 0.15) is 118 Å². The van der Waals surface area contributed by atoms with E-state index in [2.05, 4.69) is 45.7 Å². The maximum absolute atomic E-state index is 14.6. The van der Waals surface area contributed by atoms with Gasteiger partial charge in [0.2, 0.25) is 5.91 Å². The number of aryl methyl sites for hydroxylation is 1. The Labute approximate surface area is 258 Å². The van der Waals surface area contributed by atoms with Gasteiger partial charge in [-0.1, -0.05) is 74.0 Å². The highest BCUT2D eigenvalue weighted by Crippen LogP contribution is 2.74. The summed E-state index contributed by atoms with van der Waals surface area (Å²) in [5.74, 6) is 0.563. The second-order valence-corrected chi connectivity index (χ2v) is 16.1. The smallest absolute Gasteiger partial charge is 0.238 e. The summed E-state index contributed by atoms with van der Waals surface area (Å²) in [6, 6.07) is 2.19. The normalized spacial score (nSPS) is 40.6. The van der Waals surface area contributed by atoms with Gasteiger partial charge in [-0.05, 0) is 86.0 Å². The van der Waals surface area contributed by atoms with E-state index in [9.17, 15) is 19.6 Å². The van der Waals surface area contributed by atoms with Gasteiger partial charge in [-0.25, -0.2) is 4.98 Å². The summed E-state index contributed by atoms with van der Waals surface area (Å²) in [5, 5.41) is 9.94. The molecule has 232 valence electrons. The Balaban J connectivity index is 0.00000180. The van der Waals surface area contributed by atoms with Gasteiger partial charge in [0, 0.05) is 29.1 Å². The molecule has 1 aromatic rings. The van der Waals surface area contributed by atoms with Crippen molar-refractivity contribution < 1.29 is 14.4 Å². The molecule has 0 amide bonds. The Hall–Kier alpha value is -2.81. The minimum absolute atomic E-state index is 0.0222. The number of carbonyl (C=O) groups excluding carboxylic acids is 3. The molecule has 4 unspecified atom stereocenters. The summed E-state index contributed by atoms with van der Waals surface area (Å²) < 4.78 is 1.73. The molecule has 0 spiro atoms. The zero-order valence-corrected chi connectivity index (χ0v) is 28.1. The lowest BCUT2D eigenvalue weighted by Crippen LogP contribution is -2.66. The summed E-state index contributed by atoms with van der Waals surface area (Å²) in [7, 11) is 0. The van der Waals surface area contributed by atoms with E-state index in [1.807, 2.05) is 46.8 Å². The standard InChI is InChI=1S/C35H45N3O3.C2H6/c1-21-37-15-16-38(21)29(41)35-13-11-30(2,3)19-23(35)27-24(39)17-26-32(6)18-22(20-36)28(40)31(4,5)25(32)9-10-33(26,7)34(27,8)12-14-35;1-2/h15-18,23,25,27H,9-14,19H2,1-8H3;1-2H3/t23?,25?,27?,32-,33+,34?,35-;/m0./s1. The van der Waals surface area contributed by atoms with Crippen molar-refractivity contribution in [3.8, 4) is 6.07 Å². The third kappa shape index (κ3) is 4.02. The Bertz CT molecular complexity index is 1490. The number of nitriles is 1. The molecule has 0 aromatic carbocycles. The number of carbonyl (C=O) groups is 3. The predicted molar refractivity (Wildman–Crippen MR) is 168 cm³/mol. The number of hydrogen-bond acceptors (Lipinski definition) is 5. The van der Waals surface area contributed by atoms with Crippen LogP contribution in [0.2, 0.25) is 0 Å². The molecule has 5 aliphatic carbocycles. The van der Waals surface area contributed by atoms with E-state index in [0.717, 1.165) is 50.5 Å². The van der Waals surface area contributed by atoms with E-state index in [-0.39, 0.29) is 57.0 Å². The van der Waals surface area contributed by atoms with Gasteiger partial charge >= 0.3 is 0 Å². The van der Waals surface area contributed by atoms with Crippen LogP contribution < -0.4 is 0 Å². The molecule has 0 radical (unpaired) electrons. The van der Waals surface area contributed by atoms with Gasteiger partial charge in [0.15, 0.2) is 11.6 Å². The maximum atomic E-state index is 14.6. The van der Waals surface area contributed by atoms with E-state index >= 15 is 0 Å². The van der Waals surface area contributed by atoms with Crippen LogP contribution >= 0.6 is 0 Å². The van der Waals surface area contributed by atoms with Gasteiger partial charge < -0.3 is 0 Å². The van der Waals surface area contributed by atoms with Crippen molar-refractivity contribution in [1.82, 2.24) is 9.55 Å². The Morgan fingerprint density at radius 3 is 2.26 bits per heavy atom. The van der Waals surface area contributed by atoms with Gasteiger partial charge in [-0.2, -0.15) is 5.26 Å². The van der Waals surface area contributed by atoms with Crippen LogP contribution in [-0.4, -0.2) is 27.0 Å². The first-order valence-electron chi connectivity index (χ1n) is 16.5. The van der Waals surface area contributed by atoms with Crippen LogP contribution in [0, 0.1) is 68.5 Å². The number of allylic oxidation sites excluding steroid dienone is 4. The highest BCUT2D eigenvalue weighted by molar-refractivity contribution is 6.04. The summed E-state index contributed by atoms with van der Waals surface area (Å²) in [6.07, 6.45) is 13.2. The molecule has 0 bridgehead atoms. The van der Waals surface area contributed by atoms with Crippen LogP contribution in [0.15, 0.2) is 35.7 Å². The molecule has 5 aliphatic rings. The molecule has 3 fully saturated rings. The van der Waals surface area contributed by atoms with Gasteiger partial charge in [-0.15, -0.1) is 0 Å². The third-order valence-electron chi connectivity index (χ3n) is 13.3. The molecule has 0 saturated heterocycles. The lowest BCUT2D eigenvalue weighted by Gasteiger charge is -2.69. The largest absolute Gasteiger partial charge is 0.295 e. The second-order valence-electron chi connectivity index (χ2n) is 16.1. The fourth-order valence-corrected chi connectivity index (χ4v) is 10.8. The number of rotatable bonds is 1. The van der Waals surface area contributed by atoms with Crippen LogP contribution in [0.25, 0.3) is 0 Å². The first-order valence-corrected chi connectivity index (χ1v) is 16.5. The summed E-state index contributed by atoms with van der Waals surface area (Å²) in [6.45, 7) is 21.2. The topological polar surface area (TPSA) is 92.8 Å². The molecule has 0 aliphatic heterocycles. The number of fused-ring (bicyclic) bond motifs is 7. The predicted octanol–water partition coefficient (Wildman–Crippen LogP) is 8.08. The number of nitrogens with zero attached hydrogens (tertiary/aromatic N) is 3. The van der Waals surface area contributed by atoms with Crippen LogP contribution in [0.4, 0.5) is 0 Å². The summed E-state index contributed by atoms with van der Waals surface area (Å²) >= 11 is 0. The average Bonchev–Trinajstić information content (AvgIpc) is 3.38. The lowest BCUT2D eigenvalue weighted by atomic mass is 9.34. The quantitative estimate of drug-likeness (QED) is 0.332. The number of aromatic nitrogens is 2. The van der Waals surface area contributed by atoms with Crippen molar-refractivity contribution in [2.24, 2.45) is 50.2 Å². The van der Waals surface area contributed by atoms with Crippen molar-refractivity contribution in [2.45, 2.75) is 114 Å². The molecule has 6 nitrogen and oxygen atoms in total. The molecule has 1 aromatic heterocycles. The van der Waals surface area contributed by atoms with E-state index in [1.165, 1.54) is 0 Å². The highest BCUT2D eigenvalue weighted by atomic mass is 16.2. The fraction of sp³-hybridized carbons (Fsp3) is 0.703. The minimum Gasteiger partial charge on any atom is -0.295 e. The minimum atomic E-state index is -0.679. The Kier molecular flexibility index (Phi) is 7.24. The van der Waals surface area contributed by atoms with Gasteiger partial charge in [0.1, 0.15) is 11.9 Å². The van der Waals surface area contributed by atoms with Crippen LogP contribution in [0.3, 0.4) is 0 Å². The molecule has 0 N–H and O–H groups in total. The van der Waals surface area contributed by atoms with Gasteiger partial charge in [-0.3, -0.25) is 19.0 Å². The molecule has 1 heterocycles. The number of Topliss-reactive ketones (excluding diaryl/α,β-unsaturated/α-hetero) is 1. The van der Waals surface area contributed by atoms with E-state index in [4.69, 9.17) is 0 Å². The van der Waals surface area contributed by atoms with Crippen molar-refractivity contribution >= 4 is 17.5 Å². The average molecular weight is 586 g/mol. The Morgan fingerprint density at radius 2 is 1.65 bits per heavy atom. The van der Waals surface area contributed by atoms with E-state index in [1.54, 1.807) is 17.0 Å². The monoisotopic (exact) mass is 585 g/mol. The zero-order valence-electron chi connectivity index (χ0n) is 28.1. The van der Waals surface area contributed by atoms with Gasteiger partial charge in [0.25, 0.3) is 0 Å². The molecule has 3 saturated carbocycles. The molecule has 7 atom stereocenters. The van der Waals surface area contributed by atoms with Gasteiger partial charge in [0.05, 0.1) is 11.0 Å². The van der Waals surface area contributed by atoms with Crippen molar-refractivity contribution in [3.63, 3.8) is 0 Å². The van der Waals surface area contributed by atoms with E-state index in [0.29, 0.717) is 5.82 Å². The SMILES string of the molecule is CC.Cc1nccn1C(=O)[C@]12CCC(C)(C)CC1C1C(=O)C=C3[C@@]4(C)C=C(C#N)C(=O)C(C)(C)C4CC[C@@]3(C)C1(C)CC2. The molecule has 6 rings (SSSR count). The maximum Gasteiger partial charge on any atom is 0.238 e. The van der Waals surface area contributed by atoms with E-state index < -0.39 is 16.2 Å². The molecule has 43 heavy (non-hydrogen) atoms. The Morgan fingerprint density at radius 1 is 1.00 bits per heavy atom. The van der Waals surface area contributed by atoms with Crippen molar-refractivity contribution in [2.75, 3.05) is 0 Å². The number of hydrogen-bond donors (Lipinski definition) is 0. The zero-order chi connectivity index (χ0) is 32.0. The number of imidazole rings is 1. The molecular weight excluding hydrogens is 534 g/mol. The van der Waals surface area contributed by atoms with Crippen LogP contribution in [0.5, 0.6) is 0 Å². The van der Waals surface area contributed by atoms with Crippen molar-refractivity contribution in [3.05, 3.63) is 41.5 Å². The van der Waals surface area contributed by atoms with Crippen LogP contribution in [-0.2, 0) is 9.59 Å². The third-order valence-corrected chi connectivity index (χ3v) is 13.3. The lowest BCUT2D eigenvalue weighted by molar-refractivity contribution is -0.164. The summed E-state index contributed by atoms with van der Waals surface area (Å²) in [5.41, 5.74) is -1.08. The fourth-order valence-electron chi connectivity index (χ4n) is 10.8. The summed E-state index contributed by atoms with van der Waals surface area (Å²) in [4.78, 5) is 46.7. The molecular formula is C37H51N3O3. The highest BCUT2D eigenvalue weighted by Gasteiger charge is 2.71. The first-order chi connectivity index (χ1) is 20.0. The van der Waals surface area contributed by atoms with Crippen molar-refractivity contribution in [1.29, 1.82) is 5.26 Å². The number of ketones is 2.